The second-order valence-electron chi connectivity index (χ2n) is 5.54. The van der Waals surface area contributed by atoms with Gasteiger partial charge in [-0.3, -0.25) is 9.59 Å². The molecule has 0 spiro atoms. The molecule has 132 valence electrons. The first-order valence-corrected chi connectivity index (χ1v) is 7.52. The second-order valence-corrected chi connectivity index (χ2v) is 5.54. The largest absolute Gasteiger partial charge is 0.480 e. The van der Waals surface area contributed by atoms with E-state index in [1.165, 1.54) is 30.7 Å². The van der Waals surface area contributed by atoms with Gasteiger partial charge in [-0.25, -0.2) is 4.79 Å². The quantitative estimate of drug-likeness (QED) is 0.658. The van der Waals surface area contributed by atoms with E-state index in [0.29, 0.717) is 5.76 Å². The molecule has 25 heavy (non-hydrogen) atoms. The number of amides is 2. The molecule has 0 bridgehead atoms. The normalized spacial score (nSPS) is 12.7. The molecule has 8 heteroatoms. The van der Waals surface area contributed by atoms with Crippen molar-refractivity contribution >= 4 is 23.9 Å². The van der Waals surface area contributed by atoms with Crippen LogP contribution in [0.5, 0.6) is 0 Å². The summed E-state index contributed by atoms with van der Waals surface area (Å²) in [5.74, 6) is -2.57. The molecule has 0 aromatic carbocycles. The van der Waals surface area contributed by atoms with Crippen LogP contribution in [0.15, 0.2) is 51.3 Å². The zero-order valence-corrected chi connectivity index (χ0v) is 13.7. The van der Waals surface area contributed by atoms with E-state index >= 15 is 0 Å². The molecule has 0 fully saturated rings. The smallest absolute Gasteiger partial charge is 0.326 e. The van der Waals surface area contributed by atoms with Crippen LogP contribution in [-0.2, 0) is 9.59 Å². The van der Waals surface area contributed by atoms with Gasteiger partial charge in [0, 0.05) is 6.08 Å². The minimum Gasteiger partial charge on any atom is -0.480 e. The van der Waals surface area contributed by atoms with E-state index < -0.39 is 23.8 Å². The number of aliphatic carboxylic acids is 1. The lowest BCUT2D eigenvalue weighted by Crippen LogP contribution is -2.47. The lowest BCUT2D eigenvalue weighted by Gasteiger charge is -2.19. The molecular weight excluding hydrogens is 328 g/mol. The maximum atomic E-state index is 12.5. The number of furan rings is 2. The van der Waals surface area contributed by atoms with E-state index in [1.54, 1.807) is 26.0 Å². The first-order chi connectivity index (χ1) is 11.9. The Bertz CT molecular complexity index is 759. The summed E-state index contributed by atoms with van der Waals surface area (Å²) in [6, 6.07) is 5.07. The van der Waals surface area contributed by atoms with Crippen LogP contribution in [0.2, 0.25) is 0 Å². The van der Waals surface area contributed by atoms with Crippen LogP contribution in [0.4, 0.5) is 0 Å². The number of carbonyl (C=O) groups excluding carboxylic acids is 2. The first-order valence-electron chi connectivity index (χ1n) is 7.52. The van der Waals surface area contributed by atoms with Crippen LogP contribution in [0.1, 0.15) is 30.2 Å². The van der Waals surface area contributed by atoms with Gasteiger partial charge in [-0.15, -0.1) is 0 Å². The van der Waals surface area contributed by atoms with Gasteiger partial charge in [0.1, 0.15) is 17.5 Å². The van der Waals surface area contributed by atoms with Crippen LogP contribution in [0, 0.1) is 5.92 Å². The third-order valence-electron chi connectivity index (χ3n) is 3.29. The molecule has 0 radical (unpaired) electrons. The van der Waals surface area contributed by atoms with Crippen molar-refractivity contribution in [2.75, 3.05) is 0 Å². The lowest BCUT2D eigenvalue weighted by molar-refractivity contribution is -0.142. The Morgan fingerprint density at radius 3 is 2.32 bits per heavy atom. The van der Waals surface area contributed by atoms with Crippen molar-refractivity contribution < 1.29 is 28.3 Å². The third kappa shape index (κ3) is 4.84. The monoisotopic (exact) mass is 346 g/mol. The van der Waals surface area contributed by atoms with E-state index in [1.807, 2.05) is 0 Å². The summed E-state index contributed by atoms with van der Waals surface area (Å²) in [5, 5.41) is 14.0. The number of nitrogens with one attached hydrogen (secondary N) is 2. The van der Waals surface area contributed by atoms with Gasteiger partial charge in [-0.2, -0.15) is 0 Å². The van der Waals surface area contributed by atoms with E-state index in [4.69, 9.17) is 8.83 Å². The third-order valence-corrected chi connectivity index (χ3v) is 3.29. The maximum Gasteiger partial charge on any atom is 0.326 e. The van der Waals surface area contributed by atoms with Crippen molar-refractivity contribution in [1.82, 2.24) is 10.6 Å². The van der Waals surface area contributed by atoms with Crippen LogP contribution in [0.25, 0.3) is 6.08 Å². The van der Waals surface area contributed by atoms with E-state index in [2.05, 4.69) is 10.6 Å². The van der Waals surface area contributed by atoms with Gasteiger partial charge in [0.2, 0.25) is 0 Å². The molecular formula is C17H18N2O6. The van der Waals surface area contributed by atoms with Crippen molar-refractivity contribution in [1.29, 1.82) is 0 Å². The Hall–Kier alpha value is -3.29. The predicted octanol–water partition coefficient (Wildman–Crippen LogP) is 1.87. The molecule has 3 N–H and O–H groups in total. The molecule has 2 heterocycles. The van der Waals surface area contributed by atoms with Gasteiger partial charge in [-0.1, -0.05) is 13.8 Å². The highest BCUT2D eigenvalue weighted by atomic mass is 16.4. The maximum absolute atomic E-state index is 12.5. The molecule has 0 unspecified atom stereocenters. The molecule has 2 aromatic heterocycles. The Balaban J connectivity index is 2.23. The number of hydrogen-bond donors (Lipinski definition) is 3. The van der Waals surface area contributed by atoms with Crippen molar-refractivity contribution in [3.63, 3.8) is 0 Å². The molecule has 2 rings (SSSR count). The summed E-state index contributed by atoms with van der Waals surface area (Å²) in [6.07, 6.45) is 4.03. The standard InChI is InChI=1S/C17H18N2O6/c1-10(2)14(17(22)23)19-15(20)12(9-11-5-3-7-24-11)18-16(21)13-6-4-8-25-13/h3-10,14H,1-2H3,(H,18,21)(H,19,20)(H,22,23)/b12-9+/t14-/m0/s1. The number of carboxylic acid groups (broad SMARTS) is 1. The fraction of sp³-hybridized carbons (Fsp3) is 0.235. The molecule has 0 aliphatic rings. The predicted molar refractivity (Wildman–Crippen MR) is 87.3 cm³/mol. The summed E-state index contributed by atoms with van der Waals surface area (Å²) in [7, 11) is 0. The molecule has 0 saturated carbocycles. The molecule has 2 amide bonds. The van der Waals surface area contributed by atoms with E-state index in [0.717, 1.165) is 0 Å². The Morgan fingerprint density at radius 1 is 1.12 bits per heavy atom. The van der Waals surface area contributed by atoms with Crippen LogP contribution >= 0.6 is 0 Å². The average Bonchev–Trinajstić information content (AvgIpc) is 3.24. The average molecular weight is 346 g/mol. The van der Waals surface area contributed by atoms with Crippen molar-refractivity contribution in [3.05, 3.63) is 54.0 Å². The van der Waals surface area contributed by atoms with E-state index in [-0.39, 0.29) is 17.4 Å². The second kappa shape index (κ2) is 8.00. The van der Waals surface area contributed by atoms with Crippen molar-refractivity contribution in [2.45, 2.75) is 19.9 Å². The van der Waals surface area contributed by atoms with Gasteiger partial charge in [0.15, 0.2) is 5.76 Å². The highest BCUT2D eigenvalue weighted by molar-refractivity contribution is 6.05. The van der Waals surface area contributed by atoms with Gasteiger partial charge in [-0.05, 0) is 30.2 Å². The molecule has 0 aliphatic carbocycles. The summed E-state index contributed by atoms with van der Waals surface area (Å²) < 4.78 is 10.1. The minimum absolute atomic E-state index is 0.0109. The number of hydrogen-bond acceptors (Lipinski definition) is 5. The van der Waals surface area contributed by atoms with E-state index in [9.17, 15) is 19.5 Å². The van der Waals surface area contributed by atoms with Gasteiger partial charge in [0.25, 0.3) is 11.8 Å². The van der Waals surface area contributed by atoms with Crippen LogP contribution in [0.3, 0.4) is 0 Å². The molecule has 0 aliphatic heterocycles. The number of carboxylic acids is 1. The van der Waals surface area contributed by atoms with Crippen LogP contribution < -0.4 is 10.6 Å². The fourth-order valence-corrected chi connectivity index (χ4v) is 2.00. The Morgan fingerprint density at radius 2 is 1.80 bits per heavy atom. The summed E-state index contributed by atoms with van der Waals surface area (Å²) in [5.41, 5.74) is -0.164. The van der Waals surface area contributed by atoms with Gasteiger partial charge in [0.05, 0.1) is 12.5 Å². The van der Waals surface area contributed by atoms with Crippen LogP contribution in [-0.4, -0.2) is 28.9 Å². The molecule has 1 atom stereocenters. The Kier molecular flexibility index (Phi) is 5.78. The van der Waals surface area contributed by atoms with Crippen molar-refractivity contribution in [3.8, 4) is 0 Å². The zero-order valence-electron chi connectivity index (χ0n) is 13.7. The highest BCUT2D eigenvalue weighted by Gasteiger charge is 2.26. The van der Waals surface area contributed by atoms with Gasteiger partial charge >= 0.3 is 5.97 Å². The molecule has 0 saturated heterocycles. The molecule has 8 nitrogen and oxygen atoms in total. The highest BCUT2D eigenvalue weighted by Crippen LogP contribution is 2.10. The minimum atomic E-state index is -1.17. The summed E-state index contributed by atoms with van der Waals surface area (Å²) in [6.45, 7) is 3.33. The lowest BCUT2D eigenvalue weighted by atomic mass is 10.0. The SMILES string of the molecule is CC(C)[C@H](NC(=O)/C(=C\c1ccco1)NC(=O)c1ccco1)C(=O)O. The Labute approximate surface area is 143 Å². The van der Waals surface area contributed by atoms with Crippen molar-refractivity contribution in [2.24, 2.45) is 5.92 Å². The summed E-state index contributed by atoms with van der Waals surface area (Å²) in [4.78, 5) is 35.9. The summed E-state index contributed by atoms with van der Waals surface area (Å²) >= 11 is 0. The molecule has 2 aromatic rings. The topological polar surface area (TPSA) is 122 Å². The number of rotatable bonds is 7. The van der Waals surface area contributed by atoms with Gasteiger partial charge < -0.3 is 24.6 Å². The fourth-order valence-electron chi connectivity index (χ4n) is 2.00. The zero-order chi connectivity index (χ0) is 18.4. The first kappa shape index (κ1) is 18.1. The number of carbonyl (C=O) groups is 3.